The molecule has 1 aromatic rings. The molecule has 0 aliphatic carbocycles. The van der Waals surface area contributed by atoms with Gasteiger partial charge in [0.15, 0.2) is 0 Å². The van der Waals surface area contributed by atoms with Crippen molar-refractivity contribution < 1.29 is 0 Å². The molecular weight excluding hydrogens is 194 g/mol. The number of benzene rings is 1. The molecule has 0 radical (unpaired) electrons. The van der Waals surface area contributed by atoms with Crippen LogP contribution in [0.1, 0.15) is 25.0 Å². The van der Waals surface area contributed by atoms with Crippen molar-refractivity contribution in [1.29, 1.82) is 0 Å². The van der Waals surface area contributed by atoms with E-state index in [1.807, 2.05) is 13.0 Å². The number of hydrogen-bond acceptors (Lipinski definition) is 1. The van der Waals surface area contributed by atoms with Crippen molar-refractivity contribution >= 4 is 11.6 Å². The number of hydrogen-bond donors (Lipinski definition) is 1. The van der Waals surface area contributed by atoms with Gasteiger partial charge >= 0.3 is 0 Å². The Bertz CT molecular complexity index is 307. The van der Waals surface area contributed by atoms with Crippen LogP contribution in [0.2, 0.25) is 5.02 Å². The van der Waals surface area contributed by atoms with Gasteiger partial charge in [-0.1, -0.05) is 37.6 Å². The van der Waals surface area contributed by atoms with Gasteiger partial charge in [-0.05, 0) is 36.5 Å². The quantitative estimate of drug-likeness (QED) is 0.817. The van der Waals surface area contributed by atoms with Gasteiger partial charge in [0.2, 0.25) is 0 Å². The molecule has 0 spiro atoms. The number of aryl methyl sites for hydroxylation is 1. The lowest BCUT2D eigenvalue weighted by atomic mass is 9.96. The Balaban J connectivity index is 2.73. The molecule has 0 fully saturated rings. The summed E-state index contributed by atoms with van der Waals surface area (Å²) in [6.07, 6.45) is 0.926. The summed E-state index contributed by atoms with van der Waals surface area (Å²) in [4.78, 5) is 0. The summed E-state index contributed by atoms with van der Waals surface area (Å²) in [5.41, 5.74) is 8.40. The normalized spacial score (nSPS) is 13.3. The third-order valence-corrected chi connectivity index (χ3v) is 2.97. The molecule has 78 valence electrons. The van der Waals surface area contributed by atoms with Gasteiger partial charge in [-0.3, -0.25) is 0 Å². The highest BCUT2D eigenvalue weighted by molar-refractivity contribution is 6.31. The number of halogens is 1. The van der Waals surface area contributed by atoms with E-state index in [2.05, 4.69) is 26.0 Å². The van der Waals surface area contributed by atoms with E-state index < -0.39 is 0 Å². The molecule has 0 saturated heterocycles. The smallest absolute Gasteiger partial charge is 0.0435 e. The third-order valence-electron chi connectivity index (χ3n) is 2.55. The Hall–Kier alpha value is -0.530. The van der Waals surface area contributed by atoms with Crippen molar-refractivity contribution in [1.82, 2.24) is 0 Å². The van der Waals surface area contributed by atoms with Gasteiger partial charge in [0, 0.05) is 11.1 Å². The van der Waals surface area contributed by atoms with Crippen LogP contribution >= 0.6 is 11.6 Å². The Kier molecular flexibility index (Phi) is 3.97. The van der Waals surface area contributed by atoms with Crippen LogP contribution in [0.25, 0.3) is 0 Å². The standard InChI is InChI=1S/C12H18ClN/c1-8(2)12(14)7-10-4-5-11(13)9(3)6-10/h4-6,8,12H,7,14H2,1-3H3. The molecular formula is C12H18ClN. The summed E-state index contributed by atoms with van der Waals surface area (Å²) in [6, 6.07) is 6.34. The van der Waals surface area contributed by atoms with Gasteiger partial charge in [-0.25, -0.2) is 0 Å². The van der Waals surface area contributed by atoms with E-state index in [9.17, 15) is 0 Å². The molecule has 1 atom stereocenters. The van der Waals surface area contributed by atoms with E-state index >= 15 is 0 Å². The highest BCUT2D eigenvalue weighted by Gasteiger charge is 2.08. The molecule has 0 aromatic heterocycles. The molecule has 1 aromatic carbocycles. The van der Waals surface area contributed by atoms with Crippen LogP contribution in [0.5, 0.6) is 0 Å². The van der Waals surface area contributed by atoms with Gasteiger partial charge in [-0.2, -0.15) is 0 Å². The molecule has 0 aliphatic heterocycles. The second-order valence-electron chi connectivity index (χ2n) is 4.20. The van der Waals surface area contributed by atoms with Crippen LogP contribution in [-0.4, -0.2) is 6.04 Å². The van der Waals surface area contributed by atoms with E-state index in [0.29, 0.717) is 5.92 Å². The summed E-state index contributed by atoms with van der Waals surface area (Å²) >= 11 is 5.95. The van der Waals surface area contributed by atoms with Crippen molar-refractivity contribution in [3.8, 4) is 0 Å². The van der Waals surface area contributed by atoms with E-state index in [-0.39, 0.29) is 6.04 Å². The zero-order chi connectivity index (χ0) is 10.7. The summed E-state index contributed by atoms with van der Waals surface area (Å²) in [5, 5.41) is 0.826. The predicted molar refractivity (Wildman–Crippen MR) is 62.7 cm³/mol. The minimum Gasteiger partial charge on any atom is -0.327 e. The SMILES string of the molecule is Cc1cc(CC(N)C(C)C)ccc1Cl. The fraction of sp³-hybridized carbons (Fsp3) is 0.500. The molecule has 1 unspecified atom stereocenters. The molecule has 1 nitrogen and oxygen atoms in total. The molecule has 0 heterocycles. The highest BCUT2D eigenvalue weighted by Crippen LogP contribution is 2.18. The molecule has 0 amide bonds. The summed E-state index contributed by atoms with van der Waals surface area (Å²) < 4.78 is 0. The summed E-state index contributed by atoms with van der Waals surface area (Å²) in [6.45, 7) is 6.31. The Labute approximate surface area is 91.3 Å². The molecule has 14 heavy (non-hydrogen) atoms. The Morgan fingerprint density at radius 1 is 1.36 bits per heavy atom. The highest BCUT2D eigenvalue weighted by atomic mass is 35.5. The third kappa shape index (κ3) is 3.00. The van der Waals surface area contributed by atoms with Crippen molar-refractivity contribution in [2.75, 3.05) is 0 Å². The van der Waals surface area contributed by atoms with Crippen molar-refractivity contribution in [2.45, 2.75) is 33.2 Å². The van der Waals surface area contributed by atoms with E-state index in [0.717, 1.165) is 17.0 Å². The van der Waals surface area contributed by atoms with E-state index in [1.165, 1.54) is 5.56 Å². The molecule has 0 aliphatic rings. The zero-order valence-electron chi connectivity index (χ0n) is 9.05. The van der Waals surface area contributed by atoms with Crippen LogP contribution in [0.4, 0.5) is 0 Å². The molecule has 2 N–H and O–H groups in total. The molecule has 2 heteroatoms. The maximum Gasteiger partial charge on any atom is 0.0435 e. The lowest BCUT2D eigenvalue weighted by Gasteiger charge is -2.15. The van der Waals surface area contributed by atoms with Crippen LogP contribution < -0.4 is 5.73 Å². The molecule has 1 rings (SSSR count). The van der Waals surface area contributed by atoms with E-state index in [4.69, 9.17) is 17.3 Å². The second-order valence-corrected chi connectivity index (χ2v) is 4.60. The fourth-order valence-corrected chi connectivity index (χ4v) is 1.46. The number of rotatable bonds is 3. The summed E-state index contributed by atoms with van der Waals surface area (Å²) in [5.74, 6) is 0.519. The van der Waals surface area contributed by atoms with Gasteiger partial charge in [0.25, 0.3) is 0 Å². The van der Waals surface area contributed by atoms with Gasteiger partial charge in [0.1, 0.15) is 0 Å². The van der Waals surface area contributed by atoms with Crippen molar-refractivity contribution in [3.63, 3.8) is 0 Å². The van der Waals surface area contributed by atoms with Crippen LogP contribution in [-0.2, 0) is 6.42 Å². The average molecular weight is 212 g/mol. The predicted octanol–water partition coefficient (Wildman–Crippen LogP) is 3.17. The van der Waals surface area contributed by atoms with Crippen LogP contribution in [0.3, 0.4) is 0 Å². The van der Waals surface area contributed by atoms with E-state index in [1.54, 1.807) is 0 Å². The molecule has 0 bridgehead atoms. The largest absolute Gasteiger partial charge is 0.327 e. The monoisotopic (exact) mass is 211 g/mol. The Morgan fingerprint density at radius 3 is 2.50 bits per heavy atom. The Morgan fingerprint density at radius 2 is 2.00 bits per heavy atom. The first kappa shape index (κ1) is 11.5. The van der Waals surface area contributed by atoms with Gasteiger partial charge < -0.3 is 5.73 Å². The first-order chi connectivity index (χ1) is 6.50. The van der Waals surface area contributed by atoms with Crippen molar-refractivity contribution in [2.24, 2.45) is 11.7 Å². The van der Waals surface area contributed by atoms with Gasteiger partial charge in [-0.15, -0.1) is 0 Å². The lowest BCUT2D eigenvalue weighted by molar-refractivity contribution is 0.490. The lowest BCUT2D eigenvalue weighted by Crippen LogP contribution is -2.28. The van der Waals surface area contributed by atoms with Gasteiger partial charge in [0.05, 0.1) is 0 Å². The first-order valence-electron chi connectivity index (χ1n) is 5.01. The average Bonchev–Trinajstić information content (AvgIpc) is 2.11. The second kappa shape index (κ2) is 4.81. The summed E-state index contributed by atoms with van der Waals surface area (Å²) in [7, 11) is 0. The van der Waals surface area contributed by atoms with Crippen molar-refractivity contribution in [3.05, 3.63) is 34.3 Å². The van der Waals surface area contributed by atoms with Crippen LogP contribution in [0, 0.1) is 12.8 Å². The minimum atomic E-state index is 0.232. The van der Waals surface area contributed by atoms with Crippen LogP contribution in [0.15, 0.2) is 18.2 Å². The maximum absolute atomic E-state index is 6.00. The maximum atomic E-state index is 6.00. The minimum absolute atomic E-state index is 0.232. The zero-order valence-corrected chi connectivity index (χ0v) is 9.81. The topological polar surface area (TPSA) is 26.0 Å². The first-order valence-corrected chi connectivity index (χ1v) is 5.39. The fourth-order valence-electron chi connectivity index (χ4n) is 1.34. The molecule has 0 saturated carbocycles. The number of nitrogens with two attached hydrogens (primary N) is 1.